The minimum absolute atomic E-state index is 0.132. The van der Waals surface area contributed by atoms with Crippen LogP contribution in [0, 0.1) is 23.2 Å². The largest absolute Gasteiger partial charge is 0.481 e. The van der Waals surface area contributed by atoms with E-state index in [9.17, 15) is 9.59 Å². The third kappa shape index (κ3) is 3.45. The summed E-state index contributed by atoms with van der Waals surface area (Å²) in [6, 6.07) is 1.98. The van der Waals surface area contributed by atoms with E-state index in [1.807, 2.05) is 6.07 Å². The van der Waals surface area contributed by atoms with E-state index in [1.54, 1.807) is 7.05 Å². The van der Waals surface area contributed by atoms with Crippen LogP contribution in [-0.2, 0) is 9.59 Å². The molecule has 1 aliphatic rings. The van der Waals surface area contributed by atoms with E-state index in [0.717, 1.165) is 12.8 Å². The Balaban J connectivity index is 2.65. The zero-order valence-electron chi connectivity index (χ0n) is 10.1. The Labute approximate surface area is 101 Å². The van der Waals surface area contributed by atoms with Crippen LogP contribution in [0.3, 0.4) is 0 Å². The van der Waals surface area contributed by atoms with Gasteiger partial charge in [0, 0.05) is 13.6 Å². The fraction of sp³-hybridized carbons (Fsp3) is 0.750. The lowest BCUT2D eigenvalue weighted by Crippen LogP contribution is -2.41. The molecule has 94 valence electrons. The minimum atomic E-state index is -0.878. The average Bonchev–Trinajstić information content (AvgIpc) is 2.34. The maximum atomic E-state index is 12.1. The molecule has 2 atom stereocenters. The number of hydrogen-bond donors (Lipinski definition) is 1. The normalized spacial score (nSPS) is 23.8. The number of carboxylic acid groups (broad SMARTS) is 1. The van der Waals surface area contributed by atoms with E-state index in [-0.39, 0.29) is 12.3 Å². The van der Waals surface area contributed by atoms with Gasteiger partial charge in [0.15, 0.2) is 0 Å². The predicted octanol–water partition coefficient (Wildman–Crippen LogP) is 1.25. The number of nitriles is 1. The number of carboxylic acids is 1. The minimum Gasteiger partial charge on any atom is -0.481 e. The van der Waals surface area contributed by atoms with Gasteiger partial charge in [-0.05, 0) is 12.8 Å². The second-order valence-electron chi connectivity index (χ2n) is 4.50. The first kappa shape index (κ1) is 13.5. The molecule has 1 amide bonds. The van der Waals surface area contributed by atoms with Crippen LogP contribution in [-0.4, -0.2) is 35.5 Å². The van der Waals surface area contributed by atoms with Crippen LogP contribution in [0.4, 0.5) is 0 Å². The SMILES string of the molecule is CN(CCC#N)C(=O)[C@H]1CCCC[C@H]1C(=O)O. The number of amides is 1. The van der Waals surface area contributed by atoms with E-state index >= 15 is 0 Å². The van der Waals surface area contributed by atoms with Crippen molar-refractivity contribution < 1.29 is 14.7 Å². The topological polar surface area (TPSA) is 81.4 Å². The number of carbonyl (C=O) groups excluding carboxylic acids is 1. The molecular formula is C12H18N2O3. The summed E-state index contributed by atoms with van der Waals surface area (Å²) in [5, 5.41) is 17.6. The van der Waals surface area contributed by atoms with Crippen LogP contribution in [0.25, 0.3) is 0 Å². The average molecular weight is 238 g/mol. The zero-order valence-corrected chi connectivity index (χ0v) is 10.1. The summed E-state index contributed by atoms with van der Waals surface area (Å²) < 4.78 is 0. The zero-order chi connectivity index (χ0) is 12.8. The Hall–Kier alpha value is -1.57. The van der Waals surface area contributed by atoms with Crippen molar-refractivity contribution >= 4 is 11.9 Å². The van der Waals surface area contributed by atoms with Crippen LogP contribution in [0.1, 0.15) is 32.1 Å². The summed E-state index contributed by atoms with van der Waals surface area (Å²) in [5.74, 6) is -1.98. The Bertz CT molecular complexity index is 335. The fourth-order valence-corrected chi connectivity index (χ4v) is 2.33. The van der Waals surface area contributed by atoms with Crippen molar-refractivity contribution in [2.75, 3.05) is 13.6 Å². The predicted molar refractivity (Wildman–Crippen MR) is 61.0 cm³/mol. The van der Waals surface area contributed by atoms with Gasteiger partial charge in [0.05, 0.1) is 24.3 Å². The molecule has 0 unspecified atom stereocenters. The molecule has 0 spiro atoms. The lowest BCUT2D eigenvalue weighted by atomic mass is 9.78. The van der Waals surface area contributed by atoms with Gasteiger partial charge < -0.3 is 10.0 Å². The van der Waals surface area contributed by atoms with Crippen molar-refractivity contribution in [2.45, 2.75) is 32.1 Å². The lowest BCUT2D eigenvalue weighted by molar-refractivity contribution is -0.151. The molecule has 0 aromatic rings. The second kappa shape index (κ2) is 6.24. The third-order valence-corrected chi connectivity index (χ3v) is 3.34. The number of hydrogen-bond acceptors (Lipinski definition) is 3. The maximum Gasteiger partial charge on any atom is 0.307 e. The molecular weight excluding hydrogens is 220 g/mol. The van der Waals surface area contributed by atoms with Crippen molar-refractivity contribution in [3.05, 3.63) is 0 Å². The van der Waals surface area contributed by atoms with Gasteiger partial charge in [-0.25, -0.2) is 0 Å². The maximum absolute atomic E-state index is 12.1. The first-order chi connectivity index (χ1) is 8.07. The van der Waals surface area contributed by atoms with E-state index < -0.39 is 17.8 Å². The first-order valence-electron chi connectivity index (χ1n) is 5.92. The smallest absolute Gasteiger partial charge is 0.307 e. The van der Waals surface area contributed by atoms with Crippen LogP contribution in [0.15, 0.2) is 0 Å². The third-order valence-electron chi connectivity index (χ3n) is 3.34. The van der Waals surface area contributed by atoms with Crippen molar-refractivity contribution in [3.8, 4) is 6.07 Å². The van der Waals surface area contributed by atoms with Crippen molar-refractivity contribution in [1.29, 1.82) is 5.26 Å². The van der Waals surface area contributed by atoms with Gasteiger partial charge in [-0.3, -0.25) is 9.59 Å². The van der Waals surface area contributed by atoms with Gasteiger partial charge in [-0.15, -0.1) is 0 Å². The second-order valence-corrected chi connectivity index (χ2v) is 4.50. The summed E-state index contributed by atoms with van der Waals surface area (Å²) in [4.78, 5) is 24.6. The molecule has 0 aliphatic heterocycles. The highest BCUT2D eigenvalue weighted by Gasteiger charge is 2.36. The van der Waals surface area contributed by atoms with Gasteiger partial charge in [0.1, 0.15) is 0 Å². The van der Waals surface area contributed by atoms with Crippen LogP contribution >= 0.6 is 0 Å². The van der Waals surface area contributed by atoms with E-state index in [1.165, 1.54) is 4.90 Å². The Morgan fingerprint density at radius 1 is 1.35 bits per heavy atom. The summed E-state index contributed by atoms with van der Waals surface area (Å²) in [7, 11) is 1.63. The Kier molecular flexibility index (Phi) is 4.95. The number of rotatable bonds is 4. The van der Waals surface area contributed by atoms with Crippen molar-refractivity contribution in [3.63, 3.8) is 0 Å². The number of carbonyl (C=O) groups is 2. The highest BCUT2D eigenvalue weighted by molar-refractivity contribution is 5.84. The van der Waals surface area contributed by atoms with Gasteiger partial charge in [-0.1, -0.05) is 12.8 Å². The molecule has 1 aliphatic carbocycles. The summed E-state index contributed by atoms with van der Waals surface area (Å²) >= 11 is 0. The van der Waals surface area contributed by atoms with E-state index in [4.69, 9.17) is 10.4 Å². The van der Waals surface area contributed by atoms with Gasteiger partial charge in [0.25, 0.3) is 0 Å². The van der Waals surface area contributed by atoms with E-state index in [0.29, 0.717) is 19.4 Å². The molecule has 1 saturated carbocycles. The summed E-state index contributed by atoms with van der Waals surface area (Å²) in [6.45, 7) is 0.373. The standard InChI is InChI=1S/C12H18N2O3/c1-14(8-4-7-13)11(15)9-5-2-3-6-10(9)12(16)17/h9-10H,2-6,8H2,1H3,(H,16,17)/t9-,10+/m0/s1. The van der Waals surface area contributed by atoms with Crippen LogP contribution in [0.2, 0.25) is 0 Å². The molecule has 0 heterocycles. The van der Waals surface area contributed by atoms with Crippen molar-refractivity contribution in [1.82, 2.24) is 4.90 Å². The summed E-state index contributed by atoms with van der Waals surface area (Å²) in [5.41, 5.74) is 0. The Morgan fingerprint density at radius 2 is 1.94 bits per heavy atom. The first-order valence-corrected chi connectivity index (χ1v) is 5.92. The molecule has 0 aromatic carbocycles. The monoisotopic (exact) mass is 238 g/mol. The van der Waals surface area contributed by atoms with Crippen LogP contribution in [0.5, 0.6) is 0 Å². The number of nitrogens with zero attached hydrogens (tertiary/aromatic N) is 2. The molecule has 0 aromatic heterocycles. The molecule has 1 rings (SSSR count). The quantitative estimate of drug-likeness (QED) is 0.799. The van der Waals surface area contributed by atoms with Gasteiger partial charge in [0.2, 0.25) is 5.91 Å². The van der Waals surface area contributed by atoms with Crippen LogP contribution < -0.4 is 0 Å². The summed E-state index contributed by atoms with van der Waals surface area (Å²) in [6.07, 6.45) is 3.30. The number of aliphatic carboxylic acids is 1. The van der Waals surface area contributed by atoms with E-state index in [2.05, 4.69) is 0 Å². The van der Waals surface area contributed by atoms with Gasteiger partial charge >= 0.3 is 5.97 Å². The molecule has 17 heavy (non-hydrogen) atoms. The Morgan fingerprint density at radius 3 is 2.47 bits per heavy atom. The lowest BCUT2D eigenvalue weighted by Gasteiger charge is -2.30. The van der Waals surface area contributed by atoms with Gasteiger partial charge in [-0.2, -0.15) is 5.26 Å². The highest BCUT2D eigenvalue weighted by atomic mass is 16.4. The molecule has 1 fully saturated rings. The van der Waals surface area contributed by atoms with Crippen molar-refractivity contribution in [2.24, 2.45) is 11.8 Å². The molecule has 5 nitrogen and oxygen atoms in total. The fourth-order valence-electron chi connectivity index (χ4n) is 2.33. The molecule has 0 bridgehead atoms. The molecule has 0 radical (unpaired) electrons. The molecule has 5 heteroatoms. The molecule has 0 saturated heterocycles. The highest BCUT2D eigenvalue weighted by Crippen LogP contribution is 2.31. The molecule has 1 N–H and O–H groups in total.